The van der Waals surface area contributed by atoms with Crippen molar-refractivity contribution in [2.45, 2.75) is 38.1 Å². The molecule has 2 fully saturated rings. The van der Waals surface area contributed by atoms with Crippen molar-refractivity contribution >= 4 is 11.9 Å². The number of nitrogens with zero attached hydrogens (tertiary/aromatic N) is 2. The maximum atomic E-state index is 13.1. The van der Waals surface area contributed by atoms with E-state index in [1.54, 1.807) is 9.80 Å². The SMILES string of the molecule is CC(NC(=O)N1CCCN(C(=O)c2ccc(F)cc2)CC1)c1cccc(C2CC2)c1. The Balaban J connectivity index is 1.33. The Bertz CT molecular complexity index is 911. The summed E-state index contributed by atoms with van der Waals surface area (Å²) in [6, 6.07) is 13.9. The van der Waals surface area contributed by atoms with Crippen LogP contribution in [0, 0.1) is 5.82 Å². The zero-order chi connectivity index (χ0) is 21.1. The van der Waals surface area contributed by atoms with Gasteiger partial charge in [-0.3, -0.25) is 4.79 Å². The van der Waals surface area contributed by atoms with Gasteiger partial charge in [0.25, 0.3) is 5.91 Å². The van der Waals surface area contributed by atoms with Crippen LogP contribution in [0.3, 0.4) is 0 Å². The molecule has 1 aliphatic heterocycles. The topological polar surface area (TPSA) is 52.7 Å². The van der Waals surface area contributed by atoms with Crippen molar-refractivity contribution in [3.05, 3.63) is 71.0 Å². The summed E-state index contributed by atoms with van der Waals surface area (Å²) in [5.74, 6) is 0.202. The quantitative estimate of drug-likeness (QED) is 0.818. The van der Waals surface area contributed by atoms with Gasteiger partial charge in [-0.05, 0) is 67.5 Å². The Hall–Kier alpha value is -2.89. The highest BCUT2D eigenvalue weighted by Crippen LogP contribution is 2.40. The van der Waals surface area contributed by atoms with Crippen LogP contribution < -0.4 is 5.32 Å². The minimum atomic E-state index is -0.359. The highest BCUT2D eigenvalue weighted by atomic mass is 19.1. The van der Waals surface area contributed by atoms with E-state index >= 15 is 0 Å². The number of hydrogen-bond donors (Lipinski definition) is 1. The molecule has 0 aromatic heterocycles. The second-order valence-corrected chi connectivity index (χ2v) is 8.26. The molecule has 30 heavy (non-hydrogen) atoms. The zero-order valence-corrected chi connectivity index (χ0v) is 17.3. The van der Waals surface area contributed by atoms with Crippen LogP contribution in [0.2, 0.25) is 0 Å². The van der Waals surface area contributed by atoms with Gasteiger partial charge in [-0.2, -0.15) is 0 Å². The van der Waals surface area contributed by atoms with Crippen LogP contribution in [0.25, 0.3) is 0 Å². The van der Waals surface area contributed by atoms with Gasteiger partial charge in [0.1, 0.15) is 5.82 Å². The Morgan fingerprint density at radius 3 is 2.43 bits per heavy atom. The number of rotatable bonds is 4. The first kappa shape index (κ1) is 20.4. The smallest absolute Gasteiger partial charge is 0.317 e. The molecule has 3 amide bonds. The minimum Gasteiger partial charge on any atom is -0.337 e. The molecule has 1 unspecified atom stereocenters. The molecular weight excluding hydrogens is 381 g/mol. The van der Waals surface area contributed by atoms with Gasteiger partial charge in [0, 0.05) is 31.7 Å². The van der Waals surface area contributed by atoms with Crippen LogP contribution in [0.5, 0.6) is 0 Å². The largest absolute Gasteiger partial charge is 0.337 e. The average Bonchev–Trinajstić information content (AvgIpc) is 3.61. The maximum Gasteiger partial charge on any atom is 0.317 e. The summed E-state index contributed by atoms with van der Waals surface area (Å²) in [6.45, 7) is 4.14. The van der Waals surface area contributed by atoms with Crippen molar-refractivity contribution < 1.29 is 14.0 Å². The fraction of sp³-hybridized carbons (Fsp3) is 0.417. The van der Waals surface area contributed by atoms with Crippen molar-refractivity contribution in [3.8, 4) is 0 Å². The van der Waals surface area contributed by atoms with E-state index in [2.05, 4.69) is 29.6 Å². The summed E-state index contributed by atoms with van der Waals surface area (Å²) >= 11 is 0. The van der Waals surface area contributed by atoms with Crippen LogP contribution in [-0.4, -0.2) is 47.9 Å². The maximum absolute atomic E-state index is 13.1. The van der Waals surface area contributed by atoms with E-state index in [4.69, 9.17) is 0 Å². The number of carbonyl (C=O) groups is 2. The summed E-state index contributed by atoms with van der Waals surface area (Å²) in [7, 11) is 0. The van der Waals surface area contributed by atoms with E-state index in [-0.39, 0.29) is 23.8 Å². The lowest BCUT2D eigenvalue weighted by Crippen LogP contribution is -2.43. The lowest BCUT2D eigenvalue weighted by atomic mass is 10.0. The highest BCUT2D eigenvalue weighted by molar-refractivity contribution is 5.94. The van der Waals surface area contributed by atoms with Crippen LogP contribution >= 0.6 is 0 Å². The molecule has 5 nitrogen and oxygen atoms in total. The molecule has 1 N–H and O–H groups in total. The van der Waals surface area contributed by atoms with Crippen molar-refractivity contribution in [2.75, 3.05) is 26.2 Å². The van der Waals surface area contributed by atoms with Gasteiger partial charge < -0.3 is 15.1 Å². The highest BCUT2D eigenvalue weighted by Gasteiger charge is 2.25. The Labute approximate surface area is 176 Å². The van der Waals surface area contributed by atoms with Gasteiger partial charge in [-0.15, -0.1) is 0 Å². The van der Waals surface area contributed by atoms with Gasteiger partial charge in [-0.1, -0.05) is 24.3 Å². The van der Waals surface area contributed by atoms with Gasteiger partial charge in [0.15, 0.2) is 0 Å². The van der Waals surface area contributed by atoms with Crippen LogP contribution in [0.1, 0.15) is 59.6 Å². The fourth-order valence-corrected chi connectivity index (χ4v) is 3.96. The van der Waals surface area contributed by atoms with Crippen molar-refractivity contribution in [2.24, 2.45) is 0 Å². The van der Waals surface area contributed by atoms with Gasteiger partial charge in [0.05, 0.1) is 6.04 Å². The van der Waals surface area contributed by atoms with E-state index in [9.17, 15) is 14.0 Å². The molecule has 0 spiro atoms. The second kappa shape index (κ2) is 8.86. The Kier molecular flexibility index (Phi) is 6.02. The molecular formula is C24H28FN3O2. The molecule has 158 valence electrons. The normalized spacial score (nSPS) is 17.9. The number of benzene rings is 2. The van der Waals surface area contributed by atoms with E-state index in [0.29, 0.717) is 44.1 Å². The van der Waals surface area contributed by atoms with Gasteiger partial charge in [-0.25, -0.2) is 9.18 Å². The van der Waals surface area contributed by atoms with E-state index < -0.39 is 0 Å². The molecule has 1 atom stereocenters. The van der Waals surface area contributed by atoms with E-state index in [1.165, 1.54) is 42.7 Å². The molecule has 1 saturated carbocycles. The zero-order valence-electron chi connectivity index (χ0n) is 17.3. The van der Waals surface area contributed by atoms with Gasteiger partial charge in [0.2, 0.25) is 0 Å². The monoisotopic (exact) mass is 409 g/mol. The standard InChI is InChI=1S/C24H28FN3O2/c1-17(20-4-2-5-21(16-20)18-6-7-18)26-24(30)28-13-3-12-27(14-15-28)23(29)19-8-10-22(25)11-9-19/h2,4-5,8-11,16-18H,3,6-7,12-15H2,1H3,(H,26,30). The summed E-state index contributed by atoms with van der Waals surface area (Å²) in [6.07, 6.45) is 3.22. The lowest BCUT2D eigenvalue weighted by molar-refractivity contribution is 0.0762. The number of hydrogen-bond acceptors (Lipinski definition) is 2. The van der Waals surface area contributed by atoms with Crippen molar-refractivity contribution in [3.63, 3.8) is 0 Å². The van der Waals surface area contributed by atoms with E-state index in [0.717, 1.165) is 5.56 Å². The molecule has 1 heterocycles. The summed E-state index contributed by atoms with van der Waals surface area (Å²) in [4.78, 5) is 29.0. The predicted molar refractivity (Wildman–Crippen MR) is 114 cm³/mol. The number of halogens is 1. The molecule has 4 rings (SSSR count). The molecule has 6 heteroatoms. The molecule has 0 radical (unpaired) electrons. The Morgan fingerprint density at radius 2 is 1.70 bits per heavy atom. The lowest BCUT2D eigenvalue weighted by Gasteiger charge is -2.25. The minimum absolute atomic E-state index is 0.0728. The molecule has 2 aromatic carbocycles. The first-order valence-electron chi connectivity index (χ1n) is 10.7. The molecule has 1 saturated heterocycles. The second-order valence-electron chi connectivity index (χ2n) is 8.26. The number of amides is 3. The summed E-state index contributed by atoms with van der Waals surface area (Å²) in [5, 5.41) is 3.10. The third-order valence-corrected chi connectivity index (χ3v) is 5.96. The number of nitrogens with one attached hydrogen (secondary N) is 1. The average molecular weight is 410 g/mol. The van der Waals surface area contributed by atoms with Crippen LogP contribution in [0.4, 0.5) is 9.18 Å². The Morgan fingerprint density at radius 1 is 1.00 bits per heavy atom. The first-order chi connectivity index (χ1) is 14.5. The van der Waals surface area contributed by atoms with E-state index in [1.807, 2.05) is 6.92 Å². The first-order valence-corrected chi connectivity index (χ1v) is 10.7. The molecule has 2 aliphatic rings. The number of urea groups is 1. The molecule has 0 bridgehead atoms. The number of carbonyl (C=O) groups excluding carboxylic acids is 2. The third kappa shape index (κ3) is 4.81. The van der Waals surface area contributed by atoms with Crippen LogP contribution in [0.15, 0.2) is 48.5 Å². The summed E-state index contributed by atoms with van der Waals surface area (Å²) < 4.78 is 13.1. The van der Waals surface area contributed by atoms with Crippen molar-refractivity contribution in [1.29, 1.82) is 0 Å². The predicted octanol–water partition coefficient (Wildman–Crippen LogP) is 4.32. The summed E-state index contributed by atoms with van der Waals surface area (Å²) in [5.41, 5.74) is 2.95. The van der Waals surface area contributed by atoms with Crippen molar-refractivity contribution in [1.82, 2.24) is 15.1 Å². The van der Waals surface area contributed by atoms with Crippen LogP contribution in [-0.2, 0) is 0 Å². The fourth-order valence-electron chi connectivity index (χ4n) is 3.96. The molecule has 1 aliphatic carbocycles. The third-order valence-electron chi connectivity index (χ3n) is 5.96. The molecule has 2 aromatic rings. The van der Waals surface area contributed by atoms with Gasteiger partial charge >= 0.3 is 6.03 Å².